The minimum Gasteiger partial charge on any atom is -0.382 e. The van der Waals surface area contributed by atoms with Gasteiger partial charge in [0, 0.05) is 13.1 Å². The first-order valence-corrected chi connectivity index (χ1v) is 4.71. The average Bonchev–Trinajstić information content (AvgIpc) is 2.19. The lowest BCUT2D eigenvalue weighted by Gasteiger charge is -2.31. The molecule has 1 aromatic rings. The SMILES string of the molecule is CC1CN(c2ccc(N)nn2)CCO1. The number of rotatable bonds is 1. The van der Waals surface area contributed by atoms with Crippen molar-refractivity contribution >= 4 is 11.6 Å². The van der Waals surface area contributed by atoms with E-state index in [1.54, 1.807) is 6.07 Å². The van der Waals surface area contributed by atoms with Gasteiger partial charge in [-0.2, -0.15) is 0 Å². The van der Waals surface area contributed by atoms with E-state index in [9.17, 15) is 0 Å². The Kier molecular flexibility index (Phi) is 2.49. The van der Waals surface area contributed by atoms with E-state index >= 15 is 0 Å². The van der Waals surface area contributed by atoms with E-state index in [0.717, 1.165) is 25.5 Å². The van der Waals surface area contributed by atoms with Gasteiger partial charge in [0.05, 0.1) is 12.7 Å². The molecule has 2 N–H and O–H groups in total. The summed E-state index contributed by atoms with van der Waals surface area (Å²) in [5, 5.41) is 7.86. The van der Waals surface area contributed by atoms with Crippen LogP contribution in [-0.2, 0) is 4.74 Å². The summed E-state index contributed by atoms with van der Waals surface area (Å²) in [6.45, 7) is 4.52. The van der Waals surface area contributed by atoms with Gasteiger partial charge in [0.15, 0.2) is 5.82 Å². The molecule has 0 bridgehead atoms. The Labute approximate surface area is 82.9 Å². The molecule has 2 heterocycles. The second kappa shape index (κ2) is 3.79. The van der Waals surface area contributed by atoms with Crippen molar-refractivity contribution in [2.45, 2.75) is 13.0 Å². The fourth-order valence-corrected chi connectivity index (χ4v) is 1.53. The maximum Gasteiger partial charge on any atom is 0.151 e. The van der Waals surface area contributed by atoms with Crippen LogP contribution < -0.4 is 10.6 Å². The maximum atomic E-state index is 5.47. The van der Waals surface area contributed by atoms with Crippen LogP contribution in [0.15, 0.2) is 12.1 Å². The molecule has 0 saturated carbocycles. The largest absolute Gasteiger partial charge is 0.382 e. The highest BCUT2D eigenvalue weighted by Gasteiger charge is 2.17. The Hall–Kier alpha value is -1.36. The first-order valence-electron chi connectivity index (χ1n) is 4.71. The van der Waals surface area contributed by atoms with Crippen molar-refractivity contribution < 1.29 is 4.74 Å². The third kappa shape index (κ3) is 1.93. The predicted octanol–water partition coefficient (Wildman–Crippen LogP) is 0.284. The lowest BCUT2D eigenvalue weighted by atomic mass is 10.3. The third-order valence-corrected chi connectivity index (χ3v) is 2.24. The predicted molar refractivity (Wildman–Crippen MR) is 54.1 cm³/mol. The number of hydrogen-bond acceptors (Lipinski definition) is 5. The van der Waals surface area contributed by atoms with E-state index in [0.29, 0.717) is 5.82 Å². The highest BCUT2D eigenvalue weighted by atomic mass is 16.5. The van der Waals surface area contributed by atoms with Crippen molar-refractivity contribution in [1.82, 2.24) is 10.2 Å². The van der Waals surface area contributed by atoms with Crippen LogP contribution in [0.25, 0.3) is 0 Å². The molecule has 2 rings (SSSR count). The third-order valence-electron chi connectivity index (χ3n) is 2.24. The molecule has 0 amide bonds. The van der Waals surface area contributed by atoms with Crippen molar-refractivity contribution in [2.24, 2.45) is 0 Å². The normalized spacial score (nSPS) is 22.4. The van der Waals surface area contributed by atoms with Crippen LogP contribution in [0.4, 0.5) is 11.6 Å². The van der Waals surface area contributed by atoms with Crippen LogP contribution in [0.1, 0.15) is 6.92 Å². The Balaban J connectivity index is 2.10. The highest BCUT2D eigenvalue weighted by molar-refractivity contribution is 5.41. The molecule has 76 valence electrons. The number of anilines is 2. The highest BCUT2D eigenvalue weighted by Crippen LogP contribution is 2.14. The molecular formula is C9H14N4O. The molecular weight excluding hydrogens is 180 g/mol. The Morgan fingerprint density at radius 3 is 3.00 bits per heavy atom. The van der Waals surface area contributed by atoms with Gasteiger partial charge >= 0.3 is 0 Å². The molecule has 0 aromatic carbocycles. The molecule has 1 aromatic heterocycles. The van der Waals surface area contributed by atoms with Crippen LogP contribution in [0.2, 0.25) is 0 Å². The topological polar surface area (TPSA) is 64.3 Å². The standard InChI is InChI=1S/C9H14N4O/c1-7-6-13(4-5-14-7)9-3-2-8(10)11-12-9/h2-3,7H,4-6H2,1H3,(H2,10,11). The van der Waals surface area contributed by atoms with Crippen molar-refractivity contribution in [2.75, 3.05) is 30.3 Å². The van der Waals surface area contributed by atoms with Crippen LogP contribution in [0.5, 0.6) is 0 Å². The van der Waals surface area contributed by atoms with E-state index in [-0.39, 0.29) is 6.10 Å². The zero-order valence-electron chi connectivity index (χ0n) is 8.18. The van der Waals surface area contributed by atoms with Gasteiger partial charge in [0.2, 0.25) is 0 Å². The Morgan fingerprint density at radius 1 is 1.50 bits per heavy atom. The molecule has 0 spiro atoms. The summed E-state index contributed by atoms with van der Waals surface area (Å²) in [6.07, 6.45) is 0.253. The number of nitrogens with two attached hydrogens (primary N) is 1. The van der Waals surface area contributed by atoms with Crippen LogP contribution in [-0.4, -0.2) is 36.0 Å². The zero-order valence-corrected chi connectivity index (χ0v) is 8.18. The van der Waals surface area contributed by atoms with Gasteiger partial charge in [0.25, 0.3) is 0 Å². The van der Waals surface area contributed by atoms with Gasteiger partial charge in [-0.1, -0.05) is 0 Å². The van der Waals surface area contributed by atoms with Crippen molar-refractivity contribution in [3.05, 3.63) is 12.1 Å². The molecule has 1 unspecified atom stereocenters. The second-order valence-electron chi connectivity index (χ2n) is 3.44. The van der Waals surface area contributed by atoms with E-state index < -0.39 is 0 Å². The lowest BCUT2D eigenvalue weighted by Crippen LogP contribution is -2.41. The molecule has 1 fully saturated rings. The number of nitrogens with zero attached hydrogens (tertiary/aromatic N) is 3. The van der Waals surface area contributed by atoms with Crippen LogP contribution in [0, 0.1) is 0 Å². The number of aromatic nitrogens is 2. The first kappa shape index (κ1) is 9.21. The van der Waals surface area contributed by atoms with E-state index in [1.807, 2.05) is 6.07 Å². The zero-order chi connectivity index (χ0) is 9.97. The summed E-state index contributed by atoms with van der Waals surface area (Å²) in [5.74, 6) is 1.32. The summed E-state index contributed by atoms with van der Waals surface area (Å²) < 4.78 is 5.44. The molecule has 1 atom stereocenters. The van der Waals surface area contributed by atoms with Crippen molar-refractivity contribution in [1.29, 1.82) is 0 Å². The summed E-state index contributed by atoms with van der Waals surface area (Å²) in [7, 11) is 0. The molecule has 14 heavy (non-hydrogen) atoms. The first-order chi connectivity index (χ1) is 6.75. The van der Waals surface area contributed by atoms with Gasteiger partial charge in [0.1, 0.15) is 5.82 Å². The molecule has 5 heteroatoms. The minimum atomic E-state index is 0.253. The van der Waals surface area contributed by atoms with Gasteiger partial charge in [-0.05, 0) is 19.1 Å². The Morgan fingerprint density at radius 2 is 2.36 bits per heavy atom. The van der Waals surface area contributed by atoms with E-state index in [2.05, 4.69) is 22.0 Å². The summed E-state index contributed by atoms with van der Waals surface area (Å²) >= 11 is 0. The summed E-state index contributed by atoms with van der Waals surface area (Å²) in [6, 6.07) is 3.66. The van der Waals surface area contributed by atoms with E-state index in [4.69, 9.17) is 10.5 Å². The quantitative estimate of drug-likeness (QED) is 0.695. The smallest absolute Gasteiger partial charge is 0.151 e. The average molecular weight is 194 g/mol. The lowest BCUT2D eigenvalue weighted by molar-refractivity contribution is 0.0529. The number of hydrogen-bond donors (Lipinski definition) is 1. The molecule has 0 aliphatic carbocycles. The minimum absolute atomic E-state index is 0.253. The van der Waals surface area contributed by atoms with Gasteiger partial charge in [-0.25, -0.2) is 0 Å². The van der Waals surface area contributed by atoms with Crippen LogP contribution >= 0.6 is 0 Å². The van der Waals surface area contributed by atoms with E-state index in [1.165, 1.54) is 0 Å². The number of nitrogen functional groups attached to an aromatic ring is 1. The number of ether oxygens (including phenoxy) is 1. The van der Waals surface area contributed by atoms with Crippen molar-refractivity contribution in [3.63, 3.8) is 0 Å². The fraction of sp³-hybridized carbons (Fsp3) is 0.556. The fourth-order valence-electron chi connectivity index (χ4n) is 1.53. The Bertz CT molecular complexity index is 300. The maximum absolute atomic E-state index is 5.47. The second-order valence-corrected chi connectivity index (χ2v) is 3.44. The monoisotopic (exact) mass is 194 g/mol. The molecule has 1 aliphatic rings. The van der Waals surface area contributed by atoms with Gasteiger partial charge < -0.3 is 15.4 Å². The van der Waals surface area contributed by atoms with Crippen molar-refractivity contribution in [3.8, 4) is 0 Å². The van der Waals surface area contributed by atoms with Gasteiger partial charge in [-0.15, -0.1) is 10.2 Å². The summed E-state index contributed by atoms with van der Waals surface area (Å²) in [5.41, 5.74) is 5.47. The molecule has 0 radical (unpaired) electrons. The molecule has 1 saturated heterocycles. The summed E-state index contributed by atoms with van der Waals surface area (Å²) in [4.78, 5) is 2.15. The molecule has 1 aliphatic heterocycles. The van der Waals surface area contributed by atoms with Crippen LogP contribution in [0.3, 0.4) is 0 Å². The van der Waals surface area contributed by atoms with Gasteiger partial charge in [-0.3, -0.25) is 0 Å². The molecule has 5 nitrogen and oxygen atoms in total. The number of morpholine rings is 1.